The standard InChI is InChI=1S/C53H102NO7P/c1-7-10-12-14-16-18-20-22-24-25-26-27-28-29-30-31-33-34-36-38-40-42-44-46-52(55)59-48-50(49-60-62(57,58)51(9-3)54(4,5)6)61-53(56)47-45-43-41-39-37-35-32-23-21-19-17-15-13-11-8-2/h20,22,36,38,50-51H,7-19,21,23-35,37,39-49H2,1-6H3/p+1/b22-20-,38-36-/t50-,51?/m1/s1. The molecule has 0 saturated carbocycles. The number of carbonyl (C=O) groups is 2. The third kappa shape index (κ3) is 40.1. The molecule has 0 rings (SSSR count). The predicted molar refractivity (Wildman–Crippen MR) is 265 cm³/mol. The fourth-order valence-electron chi connectivity index (χ4n) is 8.21. The first-order valence-electron chi connectivity index (χ1n) is 26.4. The molecule has 0 amide bonds. The van der Waals surface area contributed by atoms with Gasteiger partial charge in [0.2, 0.25) is 0 Å². The van der Waals surface area contributed by atoms with Gasteiger partial charge in [-0.15, -0.1) is 0 Å². The number of unbranched alkanes of at least 4 members (excludes halogenated alkanes) is 30. The fraction of sp³-hybridized carbons (Fsp3) is 0.887. The van der Waals surface area contributed by atoms with Gasteiger partial charge >= 0.3 is 19.5 Å². The van der Waals surface area contributed by atoms with Crippen LogP contribution in [0.1, 0.15) is 258 Å². The van der Waals surface area contributed by atoms with Crippen LogP contribution in [0.25, 0.3) is 0 Å². The molecule has 0 aromatic heterocycles. The molecule has 8 nitrogen and oxygen atoms in total. The first-order chi connectivity index (χ1) is 30.0. The molecule has 0 spiro atoms. The van der Waals surface area contributed by atoms with Gasteiger partial charge in [0.1, 0.15) is 6.61 Å². The molecule has 366 valence electrons. The molecular weight excluding hydrogens is 794 g/mol. The highest BCUT2D eigenvalue weighted by atomic mass is 31.2. The molecule has 0 aromatic rings. The van der Waals surface area contributed by atoms with Crippen LogP contribution in [0.5, 0.6) is 0 Å². The highest BCUT2D eigenvalue weighted by Gasteiger charge is 2.42. The molecular formula is C53H103NO7P+. The first-order valence-corrected chi connectivity index (χ1v) is 28.1. The minimum absolute atomic E-state index is 0.193. The van der Waals surface area contributed by atoms with Gasteiger partial charge < -0.3 is 23.4 Å². The topological polar surface area (TPSA) is 99.1 Å². The molecule has 1 N–H and O–H groups in total. The highest BCUT2D eigenvalue weighted by Crippen LogP contribution is 2.51. The SMILES string of the molecule is CCCCCCC/C=C\CCCCCCCCCC/C=C\CCCCC(=O)OC[C@H](COP(=O)(O)C(CC)[N+](C)(C)C)OC(=O)CCCCCCCCCCCCCCCCC. The third-order valence-corrected chi connectivity index (χ3v) is 14.4. The van der Waals surface area contributed by atoms with E-state index in [2.05, 4.69) is 38.2 Å². The van der Waals surface area contributed by atoms with Crippen LogP contribution in [-0.2, 0) is 28.2 Å². The molecule has 0 aliphatic rings. The van der Waals surface area contributed by atoms with Crippen molar-refractivity contribution in [3.8, 4) is 0 Å². The number of hydrogen-bond donors (Lipinski definition) is 1. The van der Waals surface area contributed by atoms with Crippen LogP contribution in [0.3, 0.4) is 0 Å². The Morgan fingerprint density at radius 1 is 0.484 bits per heavy atom. The van der Waals surface area contributed by atoms with Crippen LogP contribution >= 0.6 is 7.60 Å². The average molecular weight is 897 g/mol. The maximum atomic E-state index is 13.2. The van der Waals surface area contributed by atoms with E-state index in [1.54, 1.807) is 0 Å². The van der Waals surface area contributed by atoms with Gasteiger partial charge in [-0.2, -0.15) is 0 Å². The lowest BCUT2D eigenvalue weighted by molar-refractivity contribution is -0.883. The molecule has 0 aromatic carbocycles. The van der Waals surface area contributed by atoms with Crippen molar-refractivity contribution in [3.63, 3.8) is 0 Å². The van der Waals surface area contributed by atoms with E-state index in [1.165, 1.54) is 173 Å². The Bertz CT molecular complexity index is 1120. The molecule has 3 atom stereocenters. The summed E-state index contributed by atoms with van der Waals surface area (Å²) in [5.41, 5.74) is 0. The van der Waals surface area contributed by atoms with E-state index >= 15 is 0 Å². The average Bonchev–Trinajstić information content (AvgIpc) is 3.23. The van der Waals surface area contributed by atoms with E-state index < -0.39 is 25.5 Å². The maximum absolute atomic E-state index is 13.2. The molecule has 62 heavy (non-hydrogen) atoms. The smallest absolute Gasteiger partial charge is 0.385 e. The van der Waals surface area contributed by atoms with Gasteiger partial charge in [0, 0.05) is 19.3 Å². The largest absolute Gasteiger partial charge is 0.462 e. The molecule has 0 aliphatic carbocycles. The van der Waals surface area contributed by atoms with Crippen molar-refractivity contribution in [1.29, 1.82) is 0 Å². The summed E-state index contributed by atoms with van der Waals surface area (Å²) in [7, 11) is 1.52. The Kier molecular flexibility index (Phi) is 42.4. The van der Waals surface area contributed by atoms with Gasteiger partial charge in [-0.3, -0.25) is 14.2 Å². The van der Waals surface area contributed by atoms with Crippen LogP contribution in [0.2, 0.25) is 0 Å². The number of rotatable bonds is 47. The quantitative estimate of drug-likeness (QED) is 0.0213. The number of nitrogens with zero attached hydrogens (tertiary/aromatic N) is 1. The third-order valence-electron chi connectivity index (χ3n) is 12.1. The van der Waals surface area contributed by atoms with Gasteiger partial charge in [-0.1, -0.05) is 199 Å². The van der Waals surface area contributed by atoms with Crippen molar-refractivity contribution >= 4 is 19.5 Å². The minimum atomic E-state index is -4.04. The molecule has 0 fully saturated rings. The van der Waals surface area contributed by atoms with E-state index in [4.69, 9.17) is 14.0 Å². The van der Waals surface area contributed by atoms with Gasteiger partial charge in [0.05, 0.1) is 27.7 Å². The Balaban J connectivity index is 4.28. The van der Waals surface area contributed by atoms with Gasteiger partial charge in [-0.05, 0) is 64.2 Å². The lowest BCUT2D eigenvalue weighted by Gasteiger charge is -2.35. The number of hydrogen-bond acceptors (Lipinski definition) is 6. The molecule has 2 unspecified atom stereocenters. The van der Waals surface area contributed by atoms with Gasteiger partial charge in [0.15, 0.2) is 11.9 Å². The van der Waals surface area contributed by atoms with Crippen molar-refractivity contribution < 1.29 is 37.5 Å². The van der Waals surface area contributed by atoms with Crippen LogP contribution in [0.15, 0.2) is 24.3 Å². The normalized spacial score (nSPS) is 14.1. The summed E-state index contributed by atoms with van der Waals surface area (Å²) in [6.07, 6.45) is 51.7. The number of carbonyl (C=O) groups excluding carboxylic acids is 2. The van der Waals surface area contributed by atoms with Crippen molar-refractivity contribution in [1.82, 2.24) is 0 Å². The summed E-state index contributed by atoms with van der Waals surface area (Å²) in [4.78, 5) is 36.3. The Morgan fingerprint density at radius 3 is 1.18 bits per heavy atom. The summed E-state index contributed by atoms with van der Waals surface area (Å²) in [5.74, 6) is -1.38. The first kappa shape index (κ1) is 60.5. The zero-order valence-electron chi connectivity index (χ0n) is 41.8. The van der Waals surface area contributed by atoms with Crippen LogP contribution in [0.4, 0.5) is 0 Å². The van der Waals surface area contributed by atoms with E-state index in [0.717, 1.165) is 38.5 Å². The lowest BCUT2D eigenvalue weighted by Crippen LogP contribution is -2.45. The minimum Gasteiger partial charge on any atom is -0.462 e. The summed E-state index contributed by atoms with van der Waals surface area (Å²) >= 11 is 0. The fourth-order valence-corrected chi connectivity index (χ4v) is 10.1. The Morgan fingerprint density at radius 2 is 0.806 bits per heavy atom. The van der Waals surface area contributed by atoms with Crippen molar-refractivity contribution in [2.75, 3.05) is 34.4 Å². The zero-order chi connectivity index (χ0) is 45.8. The predicted octanol–water partition coefficient (Wildman–Crippen LogP) is 16.3. The summed E-state index contributed by atoms with van der Waals surface area (Å²) in [6.45, 7) is 5.90. The van der Waals surface area contributed by atoms with E-state index in [9.17, 15) is 19.0 Å². The van der Waals surface area contributed by atoms with Gasteiger partial charge in [0.25, 0.3) is 0 Å². The number of esters is 2. The van der Waals surface area contributed by atoms with E-state index in [1.807, 2.05) is 28.1 Å². The molecule has 0 aliphatic heterocycles. The molecule has 0 radical (unpaired) electrons. The highest BCUT2D eigenvalue weighted by molar-refractivity contribution is 7.53. The Labute approximate surface area is 384 Å². The zero-order valence-corrected chi connectivity index (χ0v) is 42.7. The number of allylic oxidation sites excluding steroid dienone is 4. The van der Waals surface area contributed by atoms with Crippen molar-refractivity contribution in [2.45, 2.75) is 270 Å². The molecule has 0 bridgehead atoms. The number of ether oxygens (including phenoxy) is 2. The second kappa shape index (κ2) is 43.4. The lowest BCUT2D eigenvalue weighted by atomic mass is 10.0. The number of quaternary nitrogens is 1. The van der Waals surface area contributed by atoms with E-state index in [-0.39, 0.29) is 36.5 Å². The molecule has 9 heteroatoms. The second-order valence-corrected chi connectivity index (χ2v) is 21.1. The summed E-state index contributed by atoms with van der Waals surface area (Å²) in [6, 6.07) is 0. The monoisotopic (exact) mass is 897 g/mol. The van der Waals surface area contributed by atoms with Crippen LogP contribution < -0.4 is 0 Å². The van der Waals surface area contributed by atoms with Crippen molar-refractivity contribution in [2.24, 2.45) is 0 Å². The van der Waals surface area contributed by atoms with E-state index in [0.29, 0.717) is 12.8 Å². The maximum Gasteiger partial charge on any atom is 0.385 e. The molecule has 0 saturated heterocycles. The van der Waals surface area contributed by atoms with Gasteiger partial charge in [-0.25, -0.2) is 0 Å². The summed E-state index contributed by atoms with van der Waals surface area (Å²) in [5, 5.41) is 0. The second-order valence-electron chi connectivity index (χ2n) is 19.2. The van der Waals surface area contributed by atoms with Crippen LogP contribution in [-0.4, -0.2) is 67.6 Å². The Hall–Kier alpha value is -1.47. The summed E-state index contributed by atoms with van der Waals surface area (Å²) < 4.78 is 30.2. The van der Waals surface area contributed by atoms with Crippen molar-refractivity contribution in [3.05, 3.63) is 24.3 Å². The molecule has 0 heterocycles. The van der Waals surface area contributed by atoms with Crippen LogP contribution in [0, 0.1) is 0 Å².